The van der Waals surface area contributed by atoms with E-state index in [4.69, 9.17) is 14.2 Å². The summed E-state index contributed by atoms with van der Waals surface area (Å²) in [6, 6.07) is 8.65. The first-order valence-corrected chi connectivity index (χ1v) is 9.81. The summed E-state index contributed by atoms with van der Waals surface area (Å²) < 4.78 is 16.9. The van der Waals surface area contributed by atoms with Crippen molar-refractivity contribution < 1.29 is 14.2 Å². The molecule has 1 atom stereocenters. The lowest BCUT2D eigenvalue weighted by Crippen LogP contribution is -2.32. The van der Waals surface area contributed by atoms with Crippen LogP contribution in [0.2, 0.25) is 0 Å². The number of thiophene rings is 1. The van der Waals surface area contributed by atoms with Crippen molar-refractivity contribution in [2.45, 2.75) is 19.4 Å². The standard InChI is InChI=1S/C20H28N2O3S/c1-14-6-9-17(26-14)18(22-12-5-10-21-11-13-22)15-7-8-16(23-2)20(25-4)19(15)24-3/h6-9,18,21H,5,10-13H2,1-4H3. The Balaban J connectivity index is 2.12. The van der Waals surface area contributed by atoms with Crippen molar-refractivity contribution in [2.24, 2.45) is 0 Å². The fourth-order valence-corrected chi connectivity index (χ4v) is 4.63. The first-order chi connectivity index (χ1) is 12.7. The number of nitrogens with zero attached hydrogens (tertiary/aromatic N) is 1. The van der Waals surface area contributed by atoms with Gasteiger partial charge in [0.2, 0.25) is 5.75 Å². The van der Waals surface area contributed by atoms with Gasteiger partial charge in [0, 0.05) is 35.0 Å². The molecule has 1 aliphatic rings. The Morgan fingerprint density at radius 2 is 1.77 bits per heavy atom. The molecule has 6 heteroatoms. The Morgan fingerprint density at radius 1 is 0.962 bits per heavy atom. The number of methoxy groups -OCH3 is 3. The third kappa shape index (κ3) is 3.82. The molecular formula is C20H28N2O3S. The third-order valence-corrected chi connectivity index (χ3v) is 5.85. The second-order valence-electron chi connectivity index (χ2n) is 6.41. The topological polar surface area (TPSA) is 43.0 Å². The molecule has 0 bridgehead atoms. The zero-order valence-corrected chi connectivity index (χ0v) is 16.8. The van der Waals surface area contributed by atoms with Gasteiger partial charge in [-0.25, -0.2) is 0 Å². The van der Waals surface area contributed by atoms with Crippen LogP contribution in [0, 0.1) is 6.92 Å². The fourth-order valence-electron chi connectivity index (χ4n) is 3.59. The molecule has 142 valence electrons. The maximum atomic E-state index is 5.80. The van der Waals surface area contributed by atoms with E-state index in [0.29, 0.717) is 11.5 Å². The zero-order valence-electron chi connectivity index (χ0n) is 16.0. The molecule has 1 N–H and O–H groups in total. The lowest BCUT2D eigenvalue weighted by molar-refractivity contribution is 0.236. The summed E-state index contributed by atoms with van der Waals surface area (Å²) in [5.74, 6) is 2.09. The molecule has 0 amide bonds. The van der Waals surface area contributed by atoms with Crippen molar-refractivity contribution in [3.63, 3.8) is 0 Å². The van der Waals surface area contributed by atoms with Gasteiger partial charge in [-0.05, 0) is 44.2 Å². The van der Waals surface area contributed by atoms with Gasteiger partial charge in [-0.2, -0.15) is 0 Å². The number of hydrogen-bond donors (Lipinski definition) is 1. The number of benzene rings is 1. The quantitative estimate of drug-likeness (QED) is 0.836. The van der Waals surface area contributed by atoms with E-state index in [1.807, 2.05) is 17.4 Å². The minimum atomic E-state index is 0.142. The van der Waals surface area contributed by atoms with E-state index in [2.05, 4.69) is 35.3 Å². The zero-order chi connectivity index (χ0) is 18.5. The summed E-state index contributed by atoms with van der Waals surface area (Å²) in [7, 11) is 5.00. The van der Waals surface area contributed by atoms with E-state index in [0.717, 1.165) is 43.9 Å². The third-order valence-electron chi connectivity index (χ3n) is 4.80. The van der Waals surface area contributed by atoms with Gasteiger partial charge in [0.1, 0.15) is 0 Å². The van der Waals surface area contributed by atoms with Gasteiger partial charge in [0.05, 0.1) is 27.4 Å². The van der Waals surface area contributed by atoms with Crippen LogP contribution in [0.5, 0.6) is 17.2 Å². The molecular weight excluding hydrogens is 348 g/mol. The Kier molecular flexibility index (Phi) is 6.40. The lowest BCUT2D eigenvalue weighted by Gasteiger charge is -2.31. The summed E-state index contributed by atoms with van der Waals surface area (Å²) in [6.45, 7) is 6.26. The van der Waals surface area contributed by atoms with E-state index < -0.39 is 0 Å². The second-order valence-corrected chi connectivity index (χ2v) is 7.73. The van der Waals surface area contributed by atoms with Crippen LogP contribution < -0.4 is 19.5 Å². The van der Waals surface area contributed by atoms with E-state index in [9.17, 15) is 0 Å². The fraction of sp³-hybridized carbons (Fsp3) is 0.500. The summed E-state index contributed by atoms with van der Waals surface area (Å²) in [5.41, 5.74) is 1.12. The van der Waals surface area contributed by atoms with Crippen LogP contribution in [0.15, 0.2) is 24.3 Å². The van der Waals surface area contributed by atoms with E-state index >= 15 is 0 Å². The predicted molar refractivity (Wildman–Crippen MR) is 106 cm³/mol. The summed E-state index contributed by atoms with van der Waals surface area (Å²) in [5, 5.41) is 3.50. The monoisotopic (exact) mass is 376 g/mol. The molecule has 1 fully saturated rings. The van der Waals surface area contributed by atoms with Gasteiger partial charge in [-0.15, -0.1) is 11.3 Å². The minimum Gasteiger partial charge on any atom is -0.493 e. The van der Waals surface area contributed by atoms with E-state index in [1.54, 1.807) is 21.3 Å². The lowest BCUT2D eigenvalue weighted by atomic mass is 10.0. The number of hydrogen-bond acceptors (Lipinski definition) is 6. The molecule has 1 aliphatic heterocycles. The van der Waals surface area contributed by atoms with Gasteiger partial charge < -0.3 is 19.5 Å². The summed E-state index contributed by atoms with van der Waals surface area (Å²) in [6.07, 6.45) is 1.14. The molecule has 2 heterocycles. The number of nitrogens with one attached hydrogen (secondary N) is 1. The van der Waals surface area contributed by atoms with Crippen molar-refractivity contribution >= 4 is 11.3 Å². The molecule has 0 radical (unpaired) electrons. The molecule has 1 aromatic heterocycles. The van der Waals surface area contributed by atoms with Crippen LogP contribution in [-0.2, 0) is 0 Å². The van der Waals surface area contributed by atoms with Crippen LogP contribution in [0.25, 0.3) is 0 Å². The van der Waals surface area contributed by atoms with Gasteiger partial charge in [0.15, 0.2) is 11.5 Å². The van der Waals surface area contributed by atoms with Crippen LogP contribution in [0.3, 0.4) is 0 Å². The van der Waals surface area contributed by atoms with E-state index in [-0.39, 0.29) is 6.04 Å². The van der Waals surface area contributed by atoms with Crippen LogP contribution in [-0.4, -0.2) is 52.4 Å². The maximum Gasteiger partial charge on any atom is 0.203 e. The highest BCUT2D eigenvalue weighted by Crippen LogP contribution is 2.46. The summed E-state index contributed by atoms with van der Waals surface area (Å²) >= 11 is 1.84. The van der Waals surface area contributed by atoms with Crippen LogP contribution in [0.4, 0.5) is 0 Å². The van der Waals surface area contributed by atoms with Crippen molar-refractivity contribution in [3.05, 3.63) is 39.6 Å². The molecule has 0 aliphatic carbocycles. The Bertz CT molecular complexity index is 724. The van der Waals surface area contributed by atoms with Crippen molar-refractivity contribution in [2.75, 3.05) is 47.5 Å². The molecule has 26 heavy (non-hydrogen) atoms. The minimum absolute atomic E-state index is 0.142. The van der Waals surface area contributed by atoms with Crippen LogP contribution >= 0.6 is 11.3 Å². The second kappa shape index (κ2) is 8.75. The largest absolute Gasteiger partial charge is 0.493 e. The molecule has 5 nitrogen and oxygen atoms in total. The van der Waals surface area contributed by atoms with Crippen molar-refractivity contribution in [3.8, 4) is 17.2 Å². The Labute approximate surface area is 159 Å². The Morgan fingerprint density at radius 3 is 2.42 bits per heavy atom. The number of ether oxygens (including phenoxy) is 3. The number of aryl methyl sites for hydroxylation is 1. The maximum absolute atomic E-state index is 5.80. The SMILES string of the molecule is COc1ccc(C(c2ccc(C)s2)N2CCCNCC2)c(OC)c1OC. The Hall–Kier alpha value is -1.76. The highest BCUT2D eigenvalue weighted by atomic mass is 32.1. The molecule has 3 rings (SSSR count). The average Bonchev–Trinajstić information content (AvgIpc) is 2.92. The first-order valence-electron chi connectivity index (χ1n) is 8.99. The molecule has 1 unspecified atom stereocenters. The normalized spacial score (nSPS) is 16.8. The van der Waals surface area contributed by atoms with Gasteiger partial charge in [-0.1, -0.05) is 0 Å². The first kappa shape index (κ1) is 19.0. The van der Waals surface area contributed by atoms with Gasteiger partial charge in [-0.3, -0.25) is 4.90 Å². The van der Waals surface area contributed by atoms with Gasteiger partial charge >= 0.3 is 0 Å². The highest BCUT2D eigenvalue weighted by Gasteiger charge is 2.29. The van der Waals surface area contributed by atoms with Crippen molar-refractivity contribution in [1.29, 1.82) is 0 Å². The number of rotatable bonds is 6. The smallest absolute Gasteiger partial charge is 0.203 e. The molecule has 1 aromatic carbocycles. The van der Waals surface area contributed by atoms with Crippen LogP contribution in [0.1, 0.15) is 27.8 Å². The van der Waals surface area contributed by atoms with Gasteiger partial charge in [0.25, 0.3) is 0 Å². The molecule has 0 saturated carbocycles. The average molecular weight is 377 g/mol. The van der Waals surface area contributed by atoms with Crippen molar-refractivity contribution in [1.82, 2.24) is 10.2 Å². The van der Waals surface area contributed by atoms with E-state index in [1.165, 1.54) is 9.75 Å². The molecule has 1 saturated heterocycles. The molecule has 0 spiro atoms. The predicted octanol–water partition coefficient (Wildman–Crippen LogP) is 3.47. The highest BCUT2D eigenvalue weighted by molar-refractivity contribution is 7.12. The summed E-state index contributed by atoms with van der Waals surface area (Å²) in [4.78, 5) is 5.18. The molecule has 2 aromatic rings.